The van der Waals surface area contributed by atoms with E-state index in [9.17, 15) is 0 Å². The van der Waals surface area contributed by atoms with Crippen molar-refractivity contribution in [2.45, 2.75) is 32.3 Å². The average molecular weight is 260 g/mol. The van der Waals surface area contributed by atoms with Gasteiger partial charge in [0.25, 0.3) is 0 Å². The number of ether oxygens (including phenoxy) is 1. The van der Waals surface area contributed by atoms with Crippen molar-refractivity contribution in [2.75, 3.05) is 25.1 Å². The first kappa shape index (κ1) is 12.4. The molecule has 19 heavy (non-hydrogen) atoms. The van der Waals surface area contributed by atoms with Gasteiger partial charge in [-0.2, -0.15) is 9.61 Å². The zero-order chi connectivity index (χ0) is 13.4. The molecule has 0 spiro atoms. The zero-order valence-electron chi connectivity index (χ0n) is 11.7. The lowest BCUT2D eigenvalue weighted by Gasteiger charge is -2.20. The van der Waals surface area contributed by atoms with Gasteiger partial charge in [0, 0.05) is 38.0 Å². The minimum atomic E-state index is 0.321. The summed E-state index contributed by atoms with van der Waals surface area (Å²) >= 11 is 0. The van der Waals surface area contributed by atoms with Gasteiger partial charge < -0.3 is 9.64 Å². The number of anilines is 1. The van der Waals surface area contributed by atoms with Gasteiger partial charge in [0.05, 0.1) is 12.3 Å². The van der Waals surface area contributed by atoms with E-state index in [0.717, 1.165) is 36.7 Å². The molecule has 5 nitrogen and oxygen atoms in total. The van der Waals surface area contributed by atoms with E-state index in [2.05, 4.69) is 34.9 Å². The number of methoxy groups -OCH3 is 1. The van der Waals surface area contributed by atoms with Crippen molar-refractivity contribution in [3.05, 3.63) is 24.0 Å². The average Bonchev–Trinajstić information content (AvgIpc) is 3.06. The third-order valence-electron chi connectivity index (χ3n) is 3.75. The molecule has 1 unspecified atom stereocenters. The van der Waals surface area contributed by atoms with Crippen LogP contribution in [-0.4, -0.2) is 40.9 Å². The molecule has 0 radical (unpaired) electrons. The number of aromatic nitrogens is 3. The van der Waals surface area contributed by atoms with E-state index in [1.165, 1.54) is 0 Å². The summed E-state index contributed by atoms with van der Waals surface area (Å²) in [4.78, 5) is 6.98. The maximum Gasteiger partial charge on any atom is 0.157 e. The molecule has 102 valence electrons. The lowest BCUT2D eigenvalue weighted by atomic mass is 10.1. The molecule has 1 aliphatic rings. The van der Waals surface area contributed by atoms with Crippen LogP contribution in [0, 0.1) is 0 Å². The Morgan fingerprint density at radius 2 is 2.26 bits per heavy atom. The Morgan fingerprint density at radius 1 is 1.42 bits per heavy atom. The Morgan fingerprint density at radius 3 is 2.95 bits per heavy atom. The van der Waals surface area contributed by atoms with Crippen LogP contribution in [0.15, 0.2) is 18.3 Å². The predicted octanol–water partition coefficient (Wildman–Crippen LogP) is 2.08. The molecular weight excluding hydrogens is 240 g/mol. The van der Waals surface area contributed by atoms with Crippen LogP contribution in [0.5, 0.6) is 0 Å². The van der Waals surface area contributed by atoms with Crippen LogP contribution < -0.4 is 4.90 Å². The summed E-state index contributed by atoms with van der Waals surface area (Å²) in [6, 6.07) is 4.11. The SMILES string of the molecule is COC1CCN(c2cc(C(C)C)nc3ccnn23)C1. The molecule has 1 saturated heterocycles. The smallest absolute Gasteiger partial charge is 0.157 e. The van der Waals surface area contributed by atoms with Crippen molar-refractivity contribution in [2.24, 2.45) is 0 Å². The molecule has 2 aromatic heterocycles. The summed E-state index contributed by atoms with van der Waals surface area (Å²) in [6.45, 7) is 6.27. The molecule has 0 N–H and O–H groups in total. The standard InChI is InChI=1S/C14H20N4O/c1-10(2)12-8-14(17-7-5-11(9-17)19-3)18-13(16-12)4-6-15-18/h4,6,8,10-11H,5,7,9H2,1-3H3. The van der Waals surface area contributed by atoms with Gasteiger partial charge in [0.15, 0.2) is 5.65 Å². The fraction of sp³-hybridized carbons (Fsp3) is 0.571. The Hall–Kier alpha value is -1.62. The highest BCUT2D eigenvalue weighted by atomic mass is 16.5. The Balaban J connectivity index is 2.04. The van der Waals surface area contributed by atoms with Crippen LogP contribution in [0.4, 0.5) is 5.82 Å². The Kier molecular flexibility index (Phi) is 3.14. The van der Waals surface area contributed by atoms with Crippen molar-refractivity contribution >= 4 is 11.5 Å². The topological polar surface area (TPSA) is 42.7 Å². The van der Waals surface area contributed by atoms with E-state index >= 15 is 0 Å². The molecule has 0 aromatic carbocycles. The molecule has 3 rings (SSSR count). The second kappa shape index (κ2) is 4.81. The number of fused-ring (bicyclic) bond motifs is 1. The van der Waals surface area contributed by atoms with Crippen molar-refractivity contribution in [1.29, 1.82) is 0 Å². The minimum absolute atomic E-state index is 0.321. The highest BCUT2D eigenvalue weighted by molar-refractivity contribution is 5.52. The fourth-order valence-corrected chi connectivity index (χ4v) is 2.57. The molecule has 0 aliphatic carbocycles. The van der Waals surface area contributed by atoms with E-state index in [4.69, 9.17) is 4.74 Å². The molecule has 0 amide bonds. The van der Waals surface area contributed by atoms with Crippen LogP contribution >= 0.6 is 0 Å². The van der Waals surface area contributed by atoms with Crippen molar-refractivity contribution in [3.63, 3.8) is 0 Å². The Bertz CT molecular complexity index is 578. The largest absolute Gasteiger partial charge is 0.380 e. The molecule has 2 aromatic rings. The van der Waals surface area contributed by atoms with Gasteiger partial charge in [0.2, 0.25) is 0 Å². The van der Waals surface area contributed by atoms with Gasteiger partial charge in [-0.1, -0.05) is 13.8 Å². The summed E-state index contributed by atoms with van der Waals surface area (Å²) in [6.07, 6.45) is 3.19. The normalized spacial score (nSPS) is 19.8. The molecule has 5 heteroatoms. The first-order valence-electron chi connectivity index (χ1n) is 6.81. The number of nitrogens with zero attached hydrogens (tertiary/aromatic N) is 4. The Labute approximate surface area is 113 Å². The van der Waals surface area contributed by atoms with Crippen molar-refractivity contribution in [3.8, 4) is 0 Å². The van der Waals surface area contributed by atoms with Crippen molar-refractivity contribution < 1.29 is 4.74 Å². The number of hydrogen-bond donors (Lipinski definition) is 0. The monoisotopic (exact) mass is 260 g/mol. The molecule has 0 saturated carbocycles. The van der Waals surface area contributed by atoms with Crippen LogP contribution in [0.1, 0.15) is 31.9 Å². The van der Waals surface area contributed by atoms with E-state index in [1.807, 2.05) is 10.6 Å². The van der Waals surface area contributed by atoms with Gasteiger partial charge in [-0.05, 0) is 12.3 Å². The summed E-state index contributed by atoms with van der Waals surface area (Å²) in [5, 5.41) is 4.39. The second-order valence-electron chi connectivity index (χ2n) is 5.39. The van der Waals surface area contributed by atoms with E-state index in [0.29, 0.717) is 12.0 Å². The fourth-order valence-electron chi connectivity index (χ4n) is 2.57. The van der Waals surface area contributed by atoms with E-state index in [-0.39, 0.29) is 0 Å². The molecule has 1 atom stereocenters. The number of hydrogen-bond acceptors (Lipinski definition) is 4. The van der Waals surface area contributed by atoms with Crippen LogP contribution in [0.2, 0.25) is 0 Å². The van der Waals surface area contributed by atoms with E-state index in [1.54, 1.807) is 13.3 Å². The predicted molar refractivity (Wildman–Crippen MR) is 74.7 cm³/mol. The minimum Gasteiger partial charge on any atom is -0.380 e. The third-order valence-corrected chi connectivity index (χ3v) is 3.75. The second-order valence-corrected chi connectivity index (χ2v) is 5.39. The highest BCUT2D eigenvalue weighted by Crippen LogP contribution is 2.25. The van der Waals surface area contributed by atoms with Gasteiger partial charge in [-0.3, -0.25) is 0 Å². The first-order valence-corrected chi connectivity index (χ1v) is 6.81. The van der Waals surface area contributed by atoms with Gasteiger partial charge in [0.1, 0.15) is 5.82 Å². The lowest BCUT2D eigenvalue weighted by molar-refractivity contribution is 0.121. The summed E-state index contributed by atoms with van der Waals surface area (Å²) < 4.78 is 7.37. The highest BCUT2D eigenvalue weighted by Gasteiger charge is 2.25. The summed E-state index contributed by atoms with van der Waals surface area (Å²) in [5.74, 6) is 1.54. The molecular formula is C14H20N4O. The molecule has 0 bridgehead atoms. The van der Waals surface area contributed by atoms with Crippen LogP contribution in [0.25, 0.3) is 5.65 Å². The maximum atomic E-state index is 5.45. The molecule has 1 fully saturated rings. The van der Waals surface area contributed by atoms with Gasteiger partial charge in [-0.25, -0.2) is 4.98 Å². The van der Waals surface area contributed by atoms with Crippen molar-refractivity contribution in [1.82, 2.24) is 14.6 Å². The van der Waals surface area contributed by atoms with Gasteiger partial charge in [-0.15, -0.1) is 0 Å². The molecule has 3 heterocycles. The third kappa shape index (κ3) is 2.18. The number of rotatable bonds is 3. The maximum absolute atomic E-state index is 5.45. The van der Waals surface area contributed by atoms with Crippen LogP contribution in [0.3, 0.4) is 0 Å². The zero-order valence-corrected chi connectivity index (χ0v) is 11.7. The summed E-state index contributed by atoms with van der Waals surface area (Å²) in [5.41, 5.74) is 2.03. The first-order chi connectivity index (χ1) is 9.19. The quantitative estimate of drug-likeness (QED) is 0.847. The van der Waals surface area contributed by atoms with E-state index < -0.39 is 0 Å². The van der Waals surface area contributed by atoms with Gasteiger partial charge >= 0.3 is 0 Å². The summed E-state index contributed by atoms with van der Waals surface area (Å²) in [7, 11) is 1.78. The van der Waals surface area contributed by atoms with Crippen LogP contribution in [-0.2, 0) is 4.74 Å². The molecule has 1 aliphatic heterocycles. The lowest BCUT2D eigenvalue weighted by Crippen LogP contribution is -2.25.